The molecule has 100 valence electrons. The molecule has 1 aromatic carbocycles. The minimum atomic E-state index is -0.159. The van der Waals surface area contributed by atoms with Crippen molar-refractivity contribution in [2.45, 2.75) is 25.9 Å². The van der Waals surface area contributed by atoms with Crippen LogP contribution in [-0.2, 0) is 6.42 Å². The topological polar surface area (TPSA) is 32.7 Å². The van der Waals surface area contributed by atoms with Crippen molar-refractivity contribution >= 4 is 0 Å². The van der Waals surface area contributed by atoms with E-state index in [0.29, 0.717) is 12.5 Å². The van der Waals surface area contributed by atoms with Gasteiger partial charge in [0.1, 0.15) is 5.75 Å². The van der Waals surface area contributed by atoms with Crippen LogP contribution in [0.1, 0.15) is 18.9 Å². The smallest absolute Gasteiger partial charge is 0.119 e. The van der Waals surface area contributed by atoms with Crippen molar-refractivity contribution in [3.63, 3.8) is 0 Å². The number of benzene rings is 1. The Morgan fingerprint density at radius 2 is 2.06 bits per heavy atom. The van der Waals surface area contributed by atoms with Crippen LogP contribution in [0.15, 0.2) is 24.3 Å². The molecule has 0 radical (unpaired) electrons. The van der Waals surface area contributed by atoms with Crippen LogP contribution in [0.5, 0.6) is 5.75 Å². The molecule has 1 fully saturated rings. The fourth-order valence-corrected chi connectivity index (χ4v) is 2.59. The Balaban J connectivity index is 1.95. The first-order valence-corrected chi connectivity index (χ1v) is 6.77. The van der Waals surface area contributed by atoms with E-state index in [2.05, 4.69) is 24.1 Å². The van der Waals surface area contributed by atoms with Crippen LogP contribution in [-0.4, -0.2) is 42.9 Å². The molecular weight excluding hydrogens is 226 g/mol. The molecule has 1 aliphatic rings. The van der Waals surface area contributed by atoms with Gasteiger partial charge in [0.05, 0.1) is 12.7 Å². The molecule has 2 unspecified atom stereocenters. The lowest BCUT2D eigenvalue weighted by Crippen LogP contribution is -2.41. The van der Waals surface area contributed by atoms with Crippen LogP contribution < -0.4 is 4.74 Å². The number of piperidine rings is 1. The summed E-state index contributed by atoms with van der Waals surface area (Å²) in [6.45, 7) is 4.67. The summed E-state index contributed by atoms with van der Waals surface area (Å²) in [5, 5.41) is 10.0. The van der Waals surface area contributed by atoms with E-state index < -0.39 is 0 Å². The van der Waals surface area contributed by atoms with Gasteiger partial charge in [-0.1, -0.05) is 12.1 Å². The van der Waals surface area contributed by atoms with E-state index in [-0.39, 0.29) is 6.10 Å². The molecule has 0 saturated carbocycles. The molecule has 1 aromatic rings. The molecule has 1 heterocycles. The second-order valence-corrected chi connectivity index (χ2v) is 5.16. The van der Waals surface area contributed by atoms with Crippen molar-refractivity contribution in [2.75, 3.05) is 26.7 Å². The zero-order chi connectivity index (χ0) is 13.0. The van der Waals surface area contributed by atoms with Crippen molar-refractivity contribution in [1.29, 1.82) is 0 Å². The highest BCUT2D eigenvalue weighted by Crippen LogP contribution is 2.22. The first-order chi connectivity index (χ1) is 8.69. The number of ether oxygens (including phenoxy) is 1. The molecule has 0 aromatic heterocycles. The Morgan fingerprint density at radius 1 is 1.33 bits per heavy atom. The van der Waals surface area contributed by atoms with E-state index in [4.69, 9.17) is 4.74 Å². The zero-order valence-electron chi connectivity index (χ0n) is 11.3. The molecule has 1 aliphatic heterocycles. The van der Waals surface area contributed by atoms with Gasteiger partial charge in [0.15, 0.2) is 0 Å². The molecule has 3 heteroatoms. The summed E-state index contributed by atoms with van der Waals surface area (Å²) < 4.78 is 5.43. The monoisotopic (exact) mass is 249 g/mol. The van der Waals surface area contributed by atoms with Crippen LogP contribution in [0.3, 0.4) is 0 Å². The maximum absolute atomic E-state index is 10.0. The molecule has 3 nitrogen and oxygen atoms in total. The SMILES string of the molecule is CCOc1ccc(CC2CN(C)CCC2O)cc1. The number of likely N-dealkylation sites (tertiary alicyclic amines) is 1. The summed E-state index contributed by atoms with van der Waals surface area (Å²) >= 11 is 0. The third-order valence-corrected chi connectivity index (χ3v) is 3.63. The summed E-state index contributed by atoms with van der Waals surface area (Å²) in [5.74, 6) is 1.27. The second kappa shape index (κ2) is 6.21. The lowest BCUT2D eigenvalue weighted by atomic mass is 9.89. The number of hydrogen-bond donors (Lipinski definition) is 1. The van der Waals surface area contributed by atoms with Gasteiger partial charge in [-0.05, 0) is 44.5 Å². The van der Waals surface area contributed by atoms with Crippen molar-refractivity contribution < 1.29 is 9.84 Å². The number of aliphatic hydroxyl groups is 1. The lowest BCUT2D eigenvalue weighted by Gasteiger charge is -2.34. The van der Waals surface area contributed by atoms with Crippen molar-refractivity contribution in [3.05, 3.63) is 29.8 Å². The highest BCUT2D eigenvalue weighted by atomic mass is 16.5. The van der Waals surface area contributed by atoms with Gasteiger partial charge in [-0.25, -0.2) is 0 Å². The van der Waals surface area contributed by atoms with E-state index in [1.807, 2.05) is 19.1 Å². The fourth-order valence-electron chi connectivity index (χ4n) is 2.59. The highest BCUT2D eigenvalue weighted by Gasteiger charge is 2.25. The van der Waals surface area contributed by atoms with Crippen molar-refractivity contribution in [1.82, 2.24) is 4.90 Å². The van der Waals surface area contributed by atoms with E-state index in [9.17, 15) is 5.11 Å². The Kier molecular flexibility index (Phi) is 4.61. The molecule has 2 rings (SSSR count). The third-order valence-electron chi connectivity index (χ3n) is 3.63. The molecule has 0 spiro atoms. The lowest BCUT2D eigenvalue weighted by molar-refractivity contribution is 0.0366. The van der Waals surface area contributed by atoms with E-state index in [0.717, 1.165) is 31.7 Å². The van der Waals surface area contributed by atoms with Crippen LogP contribution in [0.4, 0.5) is 0 Å². The van der Waals surface area contributed by atoms with Crippen LogP contribution in [0.2, 0.25) is 0 Å². The second-order valence-electron chi connectivity index (χ2n) is 5.16. The van der Waals surface area contributed by atoms with Gasteiger partial charge in [0.2, 0.25) is 0 Å². The van der Waals surface area contributed by atoms with Gasteiger partial charge in [-0.2, -0.15) is 0 Å². The summed E-state index contributed by atoms with van der Waals surface area (Å²) in [6, 6.07) is 8.23. The van der Waals surface area contributed by atoms with Crippen LogP contribution >= 0.6 is 0 Å². The quantitative estimate of drug-likeness (QED) is 0.885. The normalized spacial score (nSPS) is 25.1. The number of rotatable bonds is 4. The Labute approximate surface area is 109 Å². The molecule has 18 heavy (non-hydrogen) atoms. The Morgan fingerprint density at radius 3 is 2.72 bits per heavy atom. The maximum atomic E-state index is 10.0. The molecule has 1 saturated heterocycles. The van der Waals surface area contributed by atoms with Crippen molar-refractivity contribution in [3.8, 4) is 5.75 Å². The largest absolute Gasteiger partial charge is 0.494 e. The third kappa shape index (κ3) is 3.47. The van der Waals surface area contributed by atoms with Gasteiger partial charge in [-0.15, -0.1) is 0 Å². The average Bonchev–Trinajstić information content (AvgIpc) is 2.37. The van der Waals surface area contributed by atoms with E-state index >= 15 is 0 Å². The van der Waals surface area contributed by atoms with Gasteiger partial charge < -0.3 is 14.7 Å². The highest BCUT2D eigenvalue weighted by molar-refractivity contribution is 5.27. The van der Waals surface area contributed by atoms with Crippen LogP contribution in [0, 0.1) is 5.92 Å². The Bertz CT molecular complexity index is 363. The van der Waals surface area contributed by atoms with Gasteiger partial charge >= 0.3 is 0 Å². The molecule has 0 amide bonds. The van der Waals surface area contributed by atoms with Crippen molar-refractivity contribution in [2.24, 2.45) is 5.92 Å². The molecule has 1 N–H and O–H groups in total. The molecule has 2 atom stereocenters. The maximum Gasteiger partial charge on any atom is 0.119 e. The average molecular weight is 249 g/mol. The van der Waals surface area contributed by atoms with Gasteiger partial charge in [-0.3, -0.25) is 0 Å². The molecular formula is C15H23NO2. The standard InChI is InChI=1S/C15H23NO2/c1-3-18-14-6-4-12(5-7-14)10-13-11-16(2)9-8-15(13)17/h4-7,13,15,17H,3,8-11H2,1-2H3. The fraction of sp³-hybridized carbons (Fsp3) is 0.600. The predicted octanol–water partition coefficient (Wildman–Crippen LogP) is 1.94. The summed E-state index contributed by atoms with van der Waals surface area (Å²) in [5.41, 5.74) is 1.28. The van der Waals surface area contributed by atoms with E-state index in [1.165, 1.54) is 5.56 Å². The first-order valence-electron chi connectivity index (χ1n) is 6.77. The molecule has 0 bridgehead atoms. The number of nitrogens with zero attached hydrogens (tertiary/aromatic N) is 1. The Hall–Kier alpha value is -1.06. The minimum absolute atomic E-state index is 0.159. The predicted molar refractivity (Wildman–Crippen MR) is 72.9 cm³/mol. The van der Waals surface area contributed by atoms with Crippen LogP contribution in [0.25, 0.3) is 0 Å². The van der Waals surface area contributed by atoms with Gasteiger partial charge in [0.25, 0.3) is 0 Å². The number of aliphatic hydroxyl groups excluding tert-OH is 1. The molecule has 0 aliphatic carbocycles. The summed E-state index contributed by atoms with van der Waals surface area (Å²) in [6.07, 6.45) is 1.67. The number of hydrogen-bond acceptors (Lipinski definition) is 3. The summed E-state index contributed by atoms with van der Waals surface area (Å²) in [4.78, 5) is 2.30. The van der Waals surface area contributed by atoms with Gasteiger partial charge in [0, 0.05) is 19.0 Å². The zero-order valence-corrected chi connectivity index (χ0v) is 11.3. The minimum Gasteiger partial charge on any atom is -0.494 e. The first kappa shape index (κ1) is 13.4. The van der Waals surface area contributed by atoms with E-state index in [1.54, 1.807) is 0 Å². The summed E-state index contributed by atoms with van der Waals surface area (Å²) in [7, 11) is 2.12.